The zero-order valence-corrected chi connectivity index (χ0v) is 15.0. The van der Waals surface area contributed by atoms with Gasteiger partial charge >= 0.3 is 5.97 Å². The standard InChI is InChI=1S/C21H32O2/c1-5-21(23-20(22)12(2)3)11-14-10-18(21)17-9-8-16(19(14)17)15-7-6-13(15)4/h13-19H,2,5-11H2,1,3-4H3. The summed E-state index contributed by atoms with van der Waals surface area (Å²) < 4.78 is 6.07. The Hall–Kier alpha value is -0.790. The van der Waals surface area contributed by atoms with Crippen LogP contribution in [0.2, 0.25) is 0 Å². The molecular formula is C21H32O2. The molecule has 0 saturated heterocycles. The van der Waals surface area contributed by atoms with Crippen LogP contribution >= 0.6 is 0 Å². The summed E-state index contributed by atoms with van der Waals surface area (Å²) in [6.07, 6.45) is 9.13. The van der Waals surface area contributed by atoms with Crippen molar-refractivity contribution in [3.8, 4) is 0 Å². The van der Waals surface area contributed by atoms with Gasteiger partial charge in [0, 0.05) is 11.5 Å². The van der Waals surface area contributed by atoms with Crippen LogP contribution in [0.15, 0.2) is 12.2 Å². The van der Waals surface area contributed by atoms with Gasteiger partial charge in [-0.3, -0.25) is 0 Å². The first-order valence-corrected chi connectivity index (χ1v) is 9.85. The van der Waals surface area contributed by atoms with Gasteiger partial charge in [-0.2, -0.15) is 0 Å². The van der Waals surface area contributed by atoms with E-state index in [1.54, 1.807) is 6.92 Å². The number of carbonyl (C=O) groups is 1. The van der Waals surface area contributed by atoms with Crippen LogP contribution in [0.4, 0.5) is 0 Å². The highest BCUT2D eigenvalue weighted by atomic mass is 16.6. The van der Waals surface area contributed by atoms with Gasteiger partial charge in [-0.1, -0.05) is 26.8 Å². The van der Waals surface area contributed by atoms with Gasteiger partial charge in [-0.15, -0.1) is 0 Å². The molecule has 2 heteroatoms. The second kappa shape index (κ2) is 5.36. The summed E-state index contributed by atoms with van der Waals surface area (Å²) in [6, 6.07) is 0. The van der Waals surface area contributed by atoms with Gasteiger partial charge in [0.05, 0.1) is 0 Å². The molecular weight excluding hydrogens is 284 g/mol. The minimum absolute atomic E-state index is 0.168. The van der Waals surface area contributed by atoms with Crippen LogP contribution in [-0.4, -0.2) is 11.6 Å². The van der Waals surface area contributed by atoms with E-state index in [9.17, 15) is 4.79 Å². The lowest BCUT2D eigenvalue weighted by atomic mass is 9.61. The average molecular weight is 316 g/mol. The highest BCUT2D eigenvalue weighted by molar-refractivity contribution is 5.87. The molecule has 4 aliphatic rings. The highest BCUT2D eigenvalue weighted by Crippen LogP contribution is 2.68. The van der Waals surface area contributed by atoms with E-state index in [0.717, 1.165) is 48.3 Å². The van der Waals surface area contributed by atoms with E-state index in [1.165, 1.54) is 32.1 Å². The highest BCUT2D eigenvalue weighted by Gasteiger charge is 2.65. The number of fused-ring (bicyclic) bond motifs is 5. The maximum Gasteiger partial charge on any atom is 0.333 e. The molecule has 8 atom stereocenters. The molecule has 4 fully saturated rings. The number of hydrogen-bond donors (Lipinski definition) is 0. The van der Waals surface area contributed by atoms with E-state index in [4.69, 9.17) is 4.74 Å². The second-order valence-electron chi connectivity index (χ2n) is 9.10. The SMILES string of the molecule is C=C(C)C(=O)OC1(CC)CC2CC1C1CCC(C3CCC3C)C21. The molecule has 0 aromatic rings. The van der Waals surface area contributed by atoms with Crippen molar-refractivity contribution in [3.63, 3.8) is 0 Å². The van der Waals surface area contributed by atoms with Gasteiger partial charge in [0.15, 0.2) is 0 Å². The monoisotopic (exact) mass is 316 g/mol. The van der Waals surface area contributed by atoms with Crippen molar-refractivity contribution in [1.29, 1.82) is 0 Å². The number of rotatable bonds is 4. The van der Waals surface area contributed by atoms with E-state index in [0.29, 0.717) is 11.5 Å². The summed E-state index contributed by atoms with van der Waals surface area (Å²) in [5.74, 6) is 5.95. The zero-order chi connectivity index (χ0) is 16.4. The molecule has 0 radical (unpaired) electrons. The predicted octanol–water partition coefficient (Wildman–Crippen LogP) is 4.98. The molecule has 0 aromatic heterocycles. The van der Waals surface area contributed by atoms with Crippen molar-refractivity contribution in [2.24, 2.45) is 41.4 Å². The normalized spacial score (nSPS) is 50.5. The lowest BCUT2D eigenvalue weighted by molar-refractivity contribution is -0.166. The number of hydrogen-bond acceptors (Lipinski definition) is 2. The molecule has 128 valence electrons. The summed E-state index contributed by atoms with van der Waals surface area (Å²) in [6.45, 7) is 10.2. The molecule has 8 unspecified atom stereocenters. The maximum atomic E-state index is 12.2. The molecule has 4 rings (SSSR count). The zero-order valence-electron chi connectivity index (χ0n) is 15.0. The molecule has 4 aliphatic carbocycles. The average Bonchev–Trinajstić information content (AvgIpc) is 3.17. The molecule has 0 amide bonds. The number of esters is 1. The molecule has 4 saturated carbocycles. The van der Waals surface area contributed by atoms with Crippen molar-refractivity contribution in [2.45, 2.75) is 71.3 Å². The summed E-state index contributed by atoms with van der Waals surface area (Å²) in [4.78, 5) is 12.2. The van der Waals surface area contributed by atoms with Gasteiger partial charge < -0.3 is 4.74 Å². The Bertz CT molecular complexity index is 524. The predicted molar refractivity (Wildman–Crippen MR) is 91.7 cm³/mol. The van der Waals surface area contributed by atoms with Crippen molar-refractivity contribution in [2.75, 3.05) is 0 Å². The Morgan fingerprint density at radius 1 is 1.17 bits per heavy atom. The summed E-state index contributed by atoms with van der Waals surface area (Å²) in [5, 5.41) is 0. The first-order valence-electron chi connectivity index (χ1n) is 9.85. The van der Waals surface area contributed by atoms with E-state index in [1.807, 2.05) is 0 Å². The Balaban J connectivity index is 1.53. The van der Waals surface area contributed by atoms with Crippen LogP contribution in [0.25, 0.3) is 0 Å². The Kier molecular flexibility index (Phi) is 3.66. The van der Waals surface area contributed by atoms with E-state index < -0.39 is 0 Å². The third-order valence-electron chi connectivity index (χ3n) is 8.20. The molecule has 0 N–H and O–H groups in total. The first-order chi connectivity index (χ1) is 11.0. The second-order valence-corrected chi connectivity index (χ2v) is 9.10. The molecule has 23 heavy (non-hydrogen) atoms. The minimum Gasteiger partial charge on any atom is -0.455 e. The summed E-state index contributed by atoms with van der Waals surface area (Å²) in [7, 11) is 0. The molecule has 0 aliphatic heterocycles. The van der Waals surface area contributed by atoms with Crippen LogP contribution < -0.4 is 0 Å². The topological polar surface area (TPSA) is 26.3 Å². The van der Waals surface area contributed by atoms with Gasteiger partial charge in [0.1, 0.15) is 5.60 Å². The smallest absolute Gasteiger partial charge is 0.333 e. The Morgan fingerprint density at radius 2 is 1.87 bits per heavy atom. The van der Waals surface area contributed by atoms with Crippen molar-refractivity contribution in [1.82, 2.24) is 0 Å². The molecule has 2 nitrogen and oxygen atoms in total. The Labute approximate surface area is 141 Å². The van der Waals surface area contributed by atoms with Crippen LogP contribution in [0.3, 0.4) is 0 Å². The van der Waals surface area contributed by atoms with E-state index in [-0.39, 0.29) is 11.6 Å². The fourth-order valence-corrected chi connectivity index (χ4v) is 7.03. The molecule has 0 heterocycles. The quantitative estimate of drug-likeness (QED) is 0.540. The first kappa shape index (κ1) is 15.7. The summed E-state index contributed by atoms with van der Waals surface area (Å²) >= 11 is 0. The maximum absolute atomic E-state index is 12.2. The van der Waals surface area contributed by atoms with E-state index >= 15 is 0 Å². The lowest BCUT2D eigenvalue weighted by Gasteiger charge is -2.46. The molecule has 0 spiro atoms. The van der Waals surface area contributed by atoms with Gasteiger partial charge in [0.25, 0.3) is 0 Å². The van der Waals surface area contributed by atoms with Crippen LogP contribution in [0.5, 0.6) is 0 Å². The van der Waals surface area contributed by atoms with Gasteiger partial charge in [0.2, 0.25) is 0 Å². The van der Waals surface area contributed by atoms with Gasteiger partial charge in [-0.05, 0) is 81.0 Å². The van der Waals surface area contributed by atoms with Crippen molar-refractivity contribution >= 4 is 5.97 Å². The number of ether oxygens (including phenoxy) is 1. The lowest BCUT2D eigenvalue weighted by Crippen LogP contribution is -2.46. The minimum atomic E-state index is -0.179. The van der Waals surface area contributed by atoms with Crippen LogP contribution in [0.1, 0.15) is 65.7 Å². The van der Waals surface area contributed by atoms with Crippen molar-refractivity contribution in [3.05, 3.63) is 12.2 Å². The fraction of sp³-hybridized carbons (Fsp3) is 0.857. The third kappa shape index (κ3) is 2.16. The van der Waals surface area contributed by atoms with E-state index in [2.05, 4.69) is 20.4 Å². The molecule has 0 aromatic carbocycles. The molecule has 2 bridgehead atoms. The van der Waals surface area contributed by atoms with Crippen LogP contribution in [-0.2, 0) is 9.53 Å². The summed E-state index contributed by atoms with van der Waals surface area (Å²) in [5.41, 5.74) is 0.367. The van der Waals surface area contributed by atoms with Crippen molar-refractivity contribution < 1.29 is 9.53 Å². The largest absolute Gasteiger partial charge is 0.455 e. The number of carbonyl (C=O) groups excluding carboxylic acids is 1. The third-order valence-corrected chi connectivity index (χ3v) is 8.20. The Morgan fingerprint density at radius 3 is 2.43 bits per heavy atom. The fourth-order valence-electron chi connectivity index (χ4n) is 7.03. The van der Waals surface area contributed by atoms with Gasteiger partial charge in [-0.25, -0.2) is 4.79 Å². The van der Waals surface area contributed by atoms with Crippen LogP contribution in [0, 0.1) is 41.4 Å².